The number of methoxy groups -OCH3 is 1. The SMILES string of the molecule is COC(=O)COc1c(CN2CCN(C)CC2)cc(Cl)cc1C(=O)O. The van der Waals surface area contributed by atoms with Gasteiger partial charge in [-0.2, -0.15) is 0 Å². The second-order valence-corrected chi connectivity index (χ2v) is 6.13. The fourth-order valence-electron chi connectivity index (χ4n) is 2.53. The fourth-order valence-corrected chi connectivity index (χ4v) is 2.77. The molecule has 0 saturated carbocycles. The number of aromatic carboxylic acids is 1. The van der Waals surface area contributed by atoms with E-state index in [0.717, 1.165) is 26.2 Å². The van der Waals surface area contributed by atoms with Crippen LogP contribution in [0.15, 0.2) is 12.1 Å². The van der Waals surface area contributed by atoms with Crippen molar-refractivity contribution in [3.05, 3.63) is 28.3 Å². The molecule has 1 aromatic carbocycles. The molecule has 1 N–H and O–H groups in total. The fraction of sp³-hybridized carbons (Fsp3) is 0.500. The first-order valence-electron chi connectivity index (χ1n) is 7.57. The molecule has 0 radical (unpaired) electrons. The zero-order valence-electron chi connectivity index (χ0n) is 13.7. The Balaban J connectivity index is 2.26. The van der Waals surface area contributed by atoms with E-state index in [4.69, 9.17) is 16.3 Å². The van der Waals surface area contributed by atoms with Crippen LogP contribution in [-0.2, 0) is 16.1 Å². The summed E-state index contributed by atoms with van der Waals surface area (Å²) in [7, 11) is 3.31. The lowest BCUT2D eigenvalue weighted by Crippen LogP contribution is -2.44. The van der Waals surface area contributed by atoms with Crippen LogP contribution >= 0.6 is 11.6 Å². The van der Waals surface area contributed by atoms with Gasteiger partial charge < -0.3 is 19.5 Å². The van der Waals surface area contributed by atoms with E-state index in [9.17, 15) is 14.7 Å². The molecule has 0 aromatic heterocycles. The number of carboxylic acid groups (broad SMARTS) is 1. The Kier molecular flexibility index (Phi) is 6.42. The number of carboxylic acids is 1. The van der Waals surface area contributed by atoms with Crippen molar-refractivity contribution in [2.45, 2.75) is 6.54 Å². The van der Waals surface area contributed by atoms with Crippen LogP contribution in [0.3, 0.4) is 0 Å². The van der Waals surface area contributed by atoms with Gasteiger partial charge in [0, 0.05) is 43.3 Å². The highest BCUT2D eigenvalue weighted by Gasteiger charge is 2.22. The average Bonchev–Trinajstić information content (AvgIpc) is 2.55. The van der Waals surface area contributed by atoms with Crippen molar-refractivity contribution in [3.63, 3.8) is 0 Å². The molecular formula is C16H21ClN2O5. The maximum absolute atomic E-state index is 11.5. The van der Waals surface area contributed by atoms with Gasteiger partial charge in [-0.3, -0.25) is 4.90 Å². The lowest BCUT2D eigenvalue weighted by atomic mass is 10.1. The molecule has 1 heterocycles. The van der Waals surface area contributed by atoms with Gasteiger partial charge in [-0.25, -0.2) is 9.59 Å². The van der Waals surface area contributed by atoms with Gasteiger partial charge in [-0.1, -0.05) is 11.6 Å². The van der Waals surface area contributed by atoms with Crippen molar-refractivity contribution in [2.24, 2.45) is 0 Å². The number of piperazine rings is 1. The van der Waals surface area contributed by atoms with E-state index in [-0.39, 0.29) is 17.9 Å². The number of ether oxygens (including phenoxy) is 2. The topological polar surface area (TPSA) is 79.3 Å². The van der Waals surface area contributed by atoms with Gasteiger partial charge in [0.15, 0.2) is 6.61 Å². The molecule has 1 aliphatic heterocycles. The van der Waals surface area contributed by atoms with Crippen LogP contribution in [0.5, 0.6) is 5.75 Å². The number of carbonyl (C=O) groups excluding carboxylic acids is 1. The minimum absolute atomic E-state index is 0.0597. The van der Waals surface area contributed by atoms with Crippen LogP contribution in [0.2, 0.25) is 5.02 Å². The summed E-state index contributed by atoms with van der Waals surface area (Å²) in [6.45, 7) is 3.75. The number of benzene rings is 1. The van der Waals surface area contributed by atoms with Crippen molar-refractivity contribution in [3.8, 4) is 5.75 Å². The van der Waals surface area contributed by atoms with E-state index in [1.165, 1.54) is 13.2 Å². The summed E-state index contributed by atoms with van der Waals surface area (Å²) in [5.74, 6) is -1.57. The van der Waals surface area contributed by atoms with Crippen LogP contribution in [-0.4, -0.2) is 73.8 Å². The summed E-state index contributed by atoms with van der Waals surface area (Å²) in [5, 5.41) is 9.72. The van der Waals surface area contributed by atoms with Crippen molar-refractivity contribution in [1.29, 1.82) is 0 Å². The first kappa shape index (κ1) is 18.5. The third kappa shape index (κ3) is 4.83. The summed E-state index contributed by atoms with van der Waals surface area (Å²) < 4.78 is 9.99. The molecule has 0 spiro atoms. The number of nitrogens with zero attached hydrogens (tertiary/aromatic N) is 2. The third-order valence-electron chi connectivity index (χ3n) is 3.91. The second kappa shape index (κ2) is 8.32. The lowest BCUT2D eigenvalue weighted by Gasteiger charge is -2.32. The highest BCUT2D eigenvalue weighted by molar-refractivity contribution is 6.31. The maximum atomic E-state index is 11.5. The van der Waals surface area contributed by atoms with Gasteiger partial charge in [0.2, 0.25) is 0 Å². The minimum Gasteiger partial charge on any atom is -0.481 e. The molecular weight excluding hydrogens is 336 g/mol. The van der Waals surface area contributed by atoms with Gasteiger partial charge in [0.25, 0.3) is 0 Å². The number of carbonyl (C=O) groups is 2. The molecule has 132 valence electrons. The summed E-state index contributed by atoms with van der Waals surface area (Å²) in [4.78, 5) is 27.3. The minimum atomic E-state index is -1.16. The van der Waals surface area contributed by atoms with Gasteiger partial charge in [-0.05, 0) is 19.2 Å². The maximum Gasteiger partial charge on any atom is 0.343 e. The van der Waals surface area contributed by atoms with Crippen molar-refractivity contribution < 1.29 is 24.2 Å². The predicted octanol–water partition coefficient (Wildman–Crippen LogP) is 1.34. The Hall–Kier alpha value is -1.83. The van der Waals surface area contributed by atoms with Gasteiger partial charge >= 0.3 is 11.9 Å². The lowest BCUT2D eigenvalue weighted by molar-refractivity contribution is -0.142. The number of esters is 1. The van der Waals surface area contributed by atoms with E-state index in [0.29, 0.717) is 17.1 Å². The van der Waals surface area contributed by atoms with E-state index in [1.54, 1.807) is 6.07 Å². The number of likely N-dealkylation sites (N-methyl/N-ethyl adjacent to an activating group) is 1. The smallest absolute Gasteiger partial charge is 0.343 e. The molecule has 8 heteroatoms. The van der Waals surface area contributed by atoms with Gasteiger partial charge in [0.05, 0.1) is 7.11 Å². The highest BCUT2D eigenvalue weighted by atomic mass is 35.5. The molecule has 0 atom stereocenters. The second-order valence-electron chi connectivity index (χ2n) is 5.69. The Bertz CT molecular complexity index is 615. The number of hydrogen-bond acceptors (Lipinski definition) is 6. The predicted molar refractivity (Wildman–Crippen MR) is 88.7 cm³/mol. The molecule has 0 bridgehead atoms. The van der Waals surface area contributed by atoms with E-state index >= 15 is 0 Å². The number of rotatable bonds is 6. The molecule has 0 unspecified atom stereocenters. The van der Waals surface area contributed by atoms with Crippen molar-refractivity contribution in [2.75, 3.05) is 46.9 Å². The van der Waals surface area contributed by atoms with E-state index < -0.39 is 11.9 Å². The molecule has 7 nitrogen and oxygen atoms in total. The molecule has 1 aromatic rings. The zero-order valence-corrected chi connectivity index (χ0v) is 14.5. The Morgan fingerprint density at radius 1 is 1.25 bits per heavy atom. The number of hydrogen-bond donors (Lipinski definition) is 1. The third-order valence-corrected chi connectivity index (χ3v) is 4.13. The first-order chi connectivity index (χ1) is 11.4. The number of halogens is 1. The largest absolute Gasteiger partial charge is 0.481 e. The Morgan fingerprint density at radius 2 is 1.92 bits per heavy atom. The summed E-state index contributed by atoms with van der Waals surface area (Å²) in [6.07, 6.45) is 0. The molecule has 2 rings (SSSR count). The zero-order chi connectivity index (χ0) is 17.7. The standard InChI is InChI=1S/C16H21ClN2O5/c1-18-3-5-19(6-4-18)9-11-7-12(17)8-13(16(21)22)15(11)24-10-14(20)23-2/h7-8H,3-6,9-10H2,1-2H3,(H,21,22). The highest BCUT2D eigenvalue weighted by Crippen LogP contribution is 2.30. The summed E-state index contributed by atoms with van der Waals surface area (Å²) in [5.41, 5.74) is 0.587. The quantitative estimate of drug-likeness (QED) is 0.770. The summed E-state index contributed by atoms with van der Waals surface area (Å²) in [6, 6.07) is 3.00. The molecule has 0 amide bonds. The molecule has 1 aliphatic rings. The Morgan fingerprint density at radius 3 is 2.50 bits per heavy atom. The van der Waals surface area contributed by atoms with Gasteiger partial charge in [-0.15, -0.1) is 0 Å². The first-order valence-corrected chi connectivity index (χ1v) is 7.94. The van der Waals surface area contributed by atoms with Crippen LogP contribution in [0.1, 0.15) is 15.9 Å². The molecule has 24 heavy (non-hydrogen) atoms. The van der Waals surface area contributed by atoms with E-state index in [1.807, 2.05) is 0 Å². The summed E-state index contributed by atoms with van der Waals surface area (Å²) >= 11 is 6.06. The molecule has 1 saturated heterocycles. The average molecular weight is 357 g/mol. The van der Waals surface area contributed by atoms with Crippen LogP contribution < -0.4 is 4.74 Å². The Labute approximate surface area is 145 Å². The monoisotopic (exact) mass is 356 g/mol. The van der Waals surface area contributed by atoms with E-state index in [2.05, 4.69) is 21.6 Å². The van der Waals surface area contributed by atoms with Gasteiger partial charge in [0.1, 0.15) is 11.3 Å². The van der Waals surface area contributed by atoms with Crippen LogP contribution in [0.25, 0.3) is 0 Å². The molecule has 0 aliphatic carbocycles. The van der Waals surface area contributed by atoms with Crippen LogP contribution in [0, 0.1) is 0 Å². The van der Waals surface area contributed by atoms with Crippen LogP contribution in [0.4, 0.5) is 0 Å². The van der Waals surface area contributed by atoms with Crippen molar-refractivity contribution >= 4 is 23.5 Å². The molecule has 1 fully saturated rings. The normalized spacial score (nSPS) is 16.0. The van der Waals surface area contributed by atoms with Crippen molar-refractivity contribution in [1.82, 2.24) is 9.80 Å².